The van der Waals surface area contributed by atoms with Crippen molar-refractivity contribution in [1.29, 1.82) is 0 Å². The lowest BCUT2D eigenvalue weighted by Gasteiger charge is -2.19. The first-order valence-electron chi connectivity index (χ1n) is 8.64. The van der Waals surface area contributed by atoms with Gasteiger partial charge in [0.1, 0.15) is 11.8 Å². The molecule has 3 atom stereocenters. The van der Waals surface area contributed by atoms with Crippen molar-refractivity contribution in [2.75, 3.05) is 26.3 Å². The largest absolute Gasteiger partial charge is 0.381 e. The molecule has 1 aromatic rings. The summed E-state index contributed by atoms with van der Waals surface area (Å²) in [5.74, 6) is 0.353. The molecule has 1 saturated heterocycles. The average molecular weight is 342 g/mol. The lowest BCUT2D eigenvalue weighted by atomic mass is 10.1. The first-order valence-corrected chi connectivity index (χ1v) is 8.64. The lowest BCUT2D eigenvalue weighted by molar-refractivity contribution is -0.119. The van der Waals surface area contributed by atoms with E-state index in [2.05, 4.69) is 15.9 Å². The van der Waals surface area contributed by atoms with Gasteiger partial charge in [-0.25, -0.2) is 0 Å². The molecule has 0 bridgehead atoms. The summed E-state index contributed by atoms with van der Waals surface area (Å²) < 4.78 is 5.39. The Balaban J connectivity index is 1.29. The third-order valence-corrected chi connectivity index (χ3v) is 4.61. The van der Waals surface area contributed by atoms with Crippen molar-refractivity contribution in [1.82, 2.24) is 15.8 Å². The van der Waals surface area contributed by atoms with Crippen molar-refractivity contribution in [3.8, 4) is 0 Å². The Hall–Kier alpha value is -2.38. The lowest BCUT2D eigenvalue weighted by Crippen LogP contribution is -2.42. The van der Waals surface area contributed by atoms with Crippen LogP contribution in [0.1, 0.15) is 18.1 Å². The fourth-order valence-electron chi connectivity index (χ4n) is 3.25. The molecule has 3 aliphatic heterocycles. The number of hydroxylamine groups is 1. The molecule has 1 fully saturated rings. The summed E-state index contributed by atoms with van der Waals surface area (Å²) in [6, 6.07) is 9.70. The molecule has 1 aromatic carbocycles. The van der Waals surface area contributed by atoms with Gasteiger partial charge >= 0.3 is 0 Å². The molecule has 3 unspecified atom stereocenters. The highest BCUT2D eigenvalue weighted by molar-refractivity contribution is 5.95. The summed E-state index contributed by atoms with van der Waals surface area (Å²) in [4.78, 5) is 17.9. The van der Waals surface area contributed by atoms with Crippen LogP contribution in [0.2, 0.25) is 0 Å². The van der Waals surface area contributed by atoms with Crippen LogP contribution in [0.15, 0.2) is 47.2 Å². The van der Waals surface area contributed by atoms with Crippen LogP contribution in [0.5, 0.6) is 0 Å². The number of amides is 1. The minimum absolute atomic E-state index is 0.0895. The zero-order valence-electron chi connectivity index (χ0n) is 13.9. The molecule has 0 spiro atoms. The van der Waals surface area contributed by atoms with E-state index >= 15 is 0 Å². The van der Waals surface area contributed by atoms with Gasteiger partial charge in [0, 0.05) is 25.3 Å². The van der Waals surface area contributed by atoms with Crippen molar-refractivity contribution in [2.45, 2.75) is 18.6 Å². The van der Waals surface area contributed by atoms with Gasteiger partial charge in [0.2, 0.25) is 0 Å². The fraction of sp³-hybridized carbons (Fsp3) is 0.444. The Labute approximate surface area is 146 Å². The van der Waals surface area contributed by atoms with Gasteiger partial charge in [0.25, 0.3) is 5.91 Å². The molecular weight excluding hydrogens is 320 g/mol. The van der Waals surface area contributed by atoms with Gasteiger partial charge in [0.05, 0.1) is 19.2 Å². The summed E-state index contributed by atoms with van der Waals surface area (Å²) in [6.07, 6.45) is 4.42. The normalized spacial score (nSPS) is 28.1. The zero-order valence-corrected chi connectivity index (χ0v) is 13.9. The van der Waals surface area contributed by atoms with Crippen molar-refractivity contribution < 1.29 is 14.4 Å². The van der Waals surface area contributed by atoms with Crippen LogP contribution in [0.25, 0.3) is 0 Å². The van der Waals surface area contributed by atoms with Gasteiger partial charge in [-0.1, -0.05) is 30.3 Å². The molecule has 3 aliphatic rings. The highest BCUT2D eigenvalue weighted by Gasteiger charge is 2.27. The number of nitrogens with zero attached hydrogens (tertiary/aromatic N) is 2. The number of hydrogen-bond acceptors (Lipinski definition) is 6. The molecule has 1 amide bonds. The number of rotatable bonds is 5. The molecule has 7 heteroatoms. The maximum Gasteiger partial charge on any atom is 0.270 e. The van der Waals surface area contributed by atoms with E-state index in [1.807, 2.05) is 35.3 Å². The van der Waals surface area contributed by atoms with E-state index in [4.69, 9.17) is 9.57 Å². The van der Waals surface area contributed by atoms with E-state index in [1.54, 1.807) is 12.3 Å². The molecule has 2 N–H and O–H groups in total. The predicted molar refractivity (Wildman–Crippen MR) is 92.4 cm³/mol. The second kappa shape index (κ2) is 7.25. The van der Waals surface area contributed by atoms with E-state index in [-0.39, 0.29) is 18.1 Å². The van der Waals surface area contributed by atoms with Gasteiger partial charge in [0.15, 0.2) is 0 Å². The van der Waals surface area contributed by atoms with Gasteiger partial charge in [-0.2, -0.15) is 5.10 Å². The number of benzene rings is 1. The number of nitrogens with one attached hydrogen (secondary N) is 2. The average Bonchev–Trinajstić information content (AvgIpc) is 3.38. The van der Waals surface area contributed by atoms with Gasteiger partial charge < -0.3 is 10.1 Å². The summed E-state index contributed by atoms with van der Waals surface area (Å²) in [6.45, 7) is 3.21. The maximum absolute atomic E-state index is 12.4. The van der Waals surface area contributed by atoms with Gasteiger partial charge in [-0.05, 0) is 18.1 Å². The summed E-state index contributed by atoms with van der Waals surface area (Å²) in [7, 11) is 0. The summed E-state index contributed by atoms with van der Waals surface area (Å²) >= 11 is 0. The monoisotopic (exact) mass is 342 g/mol. The Morgan fingerprint density at radius 3 is 3.04 bits per heavy atom. The molecule has 3 heterocycles. The predicted octanol–water partition coefficient (Wildman–Crippen LogP) is 0.969. The topological polar surface area (TPSA) is 75.2 Å². The van der Waals surface area contributed by atoms with E-state index < -0.39 is 0 Å². The van der Waals surface area contributed by atoms with E-state index in [9.17, 15) is 4.79 Å². The molecule has 0 aromatic heterocycles. The summed E-state index contributed by atoms with van der Waals surface area (Å²) in [5, 5.41) is 9.37. The Kier molecular flexibility index (Phi) is 4.67. The van der Waals surface area contributed by atoms with Crippen molar-refractivity contribution in [3.05, 3.63) is 47.7 Å². The Morgan fingerprint density at radius 2 is 2.24 bits per heavy atom. The fourth-order valence-corrected chi connectivity index (χ4v) is 3.25. The number of hydrazone groups is 1. The van der Waals surface area contributed by atoms with Gasteiger partial charge in [-0.15, -0.1) is 0 Å². The second-order valence-corrected chi connectivity index (χ2v) is 6.58. The molecule has 0 aliphatic carbocycles. The number of ether oxygens (including phenoxy) is 1. The second-order valence-electron chi connectivity index (χ2n) is 6.58. The number of carbonyl (C=O) groups is 1. The molecule has 132 valence electrons. The minimum Gasteiger partial charge on any atom is -0.381 e. The van der Waals surface area contributed by atoms with Crippen molar-refractivity contribution in [2.24, 2.45) is 11.0 Å². The zero-order chi connectivity index (χ0) is 17.1. The van der Waals surface area contributed by atoms with Crippen LogP contribution in [-0.2, 0) is 14.4 Å². The van der Waals surface area contributed by atoms with Crippen LogP contribution in [0, 0.1) is 5.92 Å². The SMILES string of the molecule is O=C(NC1C=NN(CC2CCOC2)C1)C1=CC(c2ccccc2)ON1. The molecule has 0 saturated carbocycles. The van der Waals surface area contributed by atoms with Crippen molar-refractivity contribution >= 4 is 12.1 Å². The molecule has 25 heavy (non-hydrogen) atoms. The van der Waals surface area contributed by atoms with E-state index in [0.29, 0.717) is 18.2 Å². The standard InChI is InChI=1S/C18H22N4O3/c23-18(16-8-17(25-21-16)14-4-2-1-3-5-14)20-15-9-19-22(11-15)10-13-6-7-24-12-13/h1-5,8-9,13,15,17,21H,6-7,10-12H2,(H,20,23). The van der Waals surface area contributed by atoms with Crippen LogP contribution < -0.4 is 10.8 Å². The first kappa shape index (κ1) is 16.1. The van der Waals surface area contributed by atoms with Gasteiger partial charge in [-0.3, -0.25) is 20.1 Å². The van der Waals surface area contributed by atoms with E-state index in [1.165, 1.54) is 0 Å². The Morgan fingerprint density at radius 1 is 1.36 bits per heavy atom. The third-order valence-electron chi connectivity index (χ3n) is 4.61. The highest BCUT2D eigenvalue weighted by Crippen LogP contribution is 2.23. The third kappa shape index (κ3) is 3.83. The number of carbonyl (C=O) groups excluding carboxylic acids is 1. The van der Waals surface area contributed by atoms with E-state index in [0.717, 1.165) is 31.7 Å². The van der Waals surface area contributed by atoms with Crippen LogP contribution in [-0.4, -0.2) is 49.5 Å². The minimum atomic E-state index is -0.252. The number of hydrogen-bond donors (Lipinski definition) is 2. The summed E-state index contributed by atoms with van der Waals surface area (Å²) in [5.41, 5.74) is 4.16. The highest BCUT2D eigenvalue weighted by atomic mass is 16.7. The van der Waals surface area contributed by atoms with Crippen LogP contribution >= 0.6 is 0 Å². The van der Waals surface area contributed by atoms with Crippen LogP contribution in [0.4, 0.5) is 0 Å². The Bertz CT molecular complexity index is 670. The van der Waals surface area contributed by atoms with Crippen molar-refractivity contribution in [3.63, 3.8) is 0 Å². The smallest absolute Gasteiger partial charge is 0.270 e. The molecule has 0 radical (unpaired) electrons. The maximum atomic E-state index is 12.4. The molecular formula is C18H22N4O3. The quantitative estimate of drug-likeness (QED) is 0.834. The van der Waals surface area contributed by atoms with Crippen LogP contribution in [0.3, 0.4) is 0 Å². The molecule has 4 rings (SSSR count). The molecule has 7 nitrogen and oxygen atoms in total. The first-order chi connectivity index (χ1) is 12.3.